The van der Waals surface area contributed by atoms with Gasteiger partial charge in [0, 0.05) is 17.7 Å². The highest BCUT2D eigenvalue weighted by Gasteiger charge is 2.34. The Labute approximate surface area is 227 Å². The van der Waals surface area contributed by atoms with Crippen LogP contribution in [0.3, 0.4) is 0 Å². The van der Waals surface area contributed by atoms with Crippen molar-refractivity contribution in [3.05, 3.63) is 116 Å². The summed E-state index contributed by atoms with van der Waals surface area (Å²) in [5, 5.41) is 11.8. The zero-order chi connectivity index (χ0) is 26.6. The zero-order valence-corrected chi connectivity index (χ0v) is 21.6. The van der Waals surface area contributed by atoms with Gasteiger partial charge in [-0.2, -0.15) is 0 Å². The molecule has 8 nitrogen and oxygen atoms in total. The fourth-order valence-corrected chi connectivity index (χ4v) is 4.94. The number of carbonyl (C=O) groups is 1. The molecule has 0 saturated carbocycles. The minimum atomic E-state index is -0.545. The number of nitro benzene ring substituents is 1. The molecule has 0 radical (unpaired) electrons. The molecule has 1 aliphatic heterocycles. The third-order valence-electron chi connectivity index (χ3n) is 5.70. The van der Waals surface area contributed by atoms with E-state index in [4.69, 9.17) is 25.7 Å². The summed E-state index contributed by atoms with van der Waals surface area (Å²) in [5.74, 6) is 1.37. The molecule has 38 heavy (non-hydrogen) atoms. The van der Waals surface area contributed by atoms with Crippen molar-refractivity contribution in [3.8, 4) is 17.1 Å². The van der Waals surface area contributed by atoms with Crippen LogP contribution in [0, 0.1) is 10.1 Å². The number of amides is 1. The van der Waals surface area contributed by atoms with Crippen molar-refractivity contribution in [3.63, 3.8) is 0 Å². The van der Waals surface area contributed by atoms with E-state index in [9.17, 15) is 14.9 Å². The van der Waals surface area contributed by atoms with Crippen LogP contribution in [-0.2, 0) is 11.3 Å². The van der Waals surface area contributed by atoms with E-state index in [0.29, 0.717) is 33.7 Å². The quantitative estimate of drug-likeness (QED) is 0.137. The number of methoxy groups -OCH3 is 1. The number of thioether (sulfide) groups is 1. The molecule has 1 fully saturated rings. The summed E-state index contributed by atoms with van der Waals surface area (Å²) >= 11 is 7.18. The number of halogens is 1. The summed E-state index contributed by atoms with van der Waals surface area (Å²) < 4.78 is 11.1. The summed E-state index contributed by atoms with van der Waals surface area (Å²) in [6, 6.07) is 24.8. The largest absolute Gasteiger partial charge is 0.497 e. The maximum absolute atomic E-state index is 13.5. The lowest BCUT2D eigenvalue weighted by Crippen LogP contribution is -2.28. The monoisotopic (exact) mass is 545 g/mol. The van der Waals surface area contributed by atoms with Crippen molar-refractivity contribution >= 4 is 51.9 Å². The van der Waals surface area contributed by atoms with Crippen molar-refractivity contribution < 1.29 is 18.9 Å². The van der Waals surface area contributed by atoms with Crippen LogP contribution in [0.5, 0.6) is 5.75 Å². The third kappa shape index (κ3) is 5.49. The van der Waals surface area contributed by atoms with Crippen LogP contribution in [0.15, 0.2) is 99.2 Å². The van der Waals surface area contributed by atoms with Gasteiger partial charge in [-0.15, -0.1) is 0 Å². The van der Waals surface area contributed by atoms with Crippen molar-refractivity contribution in [2.75, 3.05) is 7.11 Å². The number of nitrogens with zero attached hydrogens (tertiary/aromatic N) is 3. The topological polar surface area (TPSA) is 98.2 Å². The summed E-state index contributed by atoms with van der Waals surface area (Å²) in [7, 11) is 1.60. The number of hydrogen-bond donors (Lipinski definition) is 0. The lowest BCUT2D eigenvalue weighted by molar-refractivity contribution is -0.384. The normalized spacial score (nSPS) is 15.4. The molecule has 1 amide bonds. The van der Waals surface area contributed by atoms with Gasteiger partial charge in [0.2, 0.25) is 0 Å². The zero-order valence-electron chi connectivity index (χ0n) is 20.0. The maximum Gasteiger partial charge on any atom is 0.288 e. The van der Waals surface area contributed by atoms with Crippen LogP contribution in [0.4, 0.5) is 11.4 Å². The first kappa shape index (κ1) is 25.3. The number of amidine groups is 1. The van der Waals surface area contributed by atoms with Gasteiger partial charge in [0.05, 0.1) is 29.2 Å². The van der Waals surface area contributed by atoms with Gasteiger partial charge >= 0.3 is 0 Å². The van der Waals surface area contributed by atoms with E-state index in [1.165, 1.54) is 23.9 Å². The van der Waals surface area contributed by atoms with Gasteiger partial charge in [0.1, 0.15) is 22.3 Å². The second-order valence-corrected chi connectivity index (χ2v) is 9.62. The molecule has 0 aliphatic carbocycles. The van der Waals surface area contributed by atoms with Crippen LogP contribution in [0.2, 0.25) is 5.02 Å². The van der Waals surface area contributed by atoms with Crippen molar-refractivity contribution in [1.82, 2.24) is 4.90 Å². The van der Waals surface area contributed by atoms with Crippen LogP contribution < -0.4 is 4.74 Å². The second kappa shape index (κ2) is 11.0. The summed E-state index contributed by atoms with van der Waals surface area (Å²) in [4.78, 5) is 31.0. The van der Waals surface area contributed by atoms with E-state index in [1.54, 1.807) is 36.3 Å². The molecule has 2 heterocycles. The number of carbonyl (C=O) groups excluding carboxylic acids is 1. The highest BCUT2D eigenvalue weighted by atomic mass is 35.5. The molecule has 1 aliphatic rings. The Kier molecular flexibility index (Phi) is 7.30. The molecule has 1 aromatic heterocycles. The van der Waals surface area contributed by atoms with E-state index in [-0.39, 0.29) is 16.6 Å². The lowest BCUT2D eigenvalue weighted by Gasteiger charge is -2.16. The number of para-hydroxylation sites is 1. The van der Waals surface area contributed by atoms with Gasteiger partial charge in [-0.05, 0) is 65.9 Å². The molecule has 0 atom stereocenters. The molecule has 10 heteroatoms. The molecule has 0 bridgehead atoms. The fourth-order valence-electron chi connectivity index (χ4n) is 3.78. The SMILES string of the molecule is COc1ccc(CN2C(=O)/C(=C/c3ccc(-c4ccc(Cl)c([N+](=O)[O-])c4)o3)SC2=Nc2ccccc2)cc1. The molecule has 0 spiro atoms. The van der Waals surface area contributed by atoms with Crippen LogP contribution in [0.1, 0.15) is 11.3 Å². The van der Waals surface area contributed by atoms with Crippen LogP contribution in [-0.4, -0.2) is 28.0 Å². The van der Waals surface area contributed by atoms with Crippen molar-refractivity contribution in [1.29, 1.82) is 0 Å². The molecule has 190 valence electrons. The van der Waals surface area contributed by atoms with Gasteiger partial charge in [-0.3, -0.25) is 19.8 Å². The Hall–Kier alpha value is -4.34. The third-order valence-corrected chi connectivity index (χ3v) is 7.02. The smallest absolute Gasteiger partial charge is 0.288 e. The maximum atomic E-state index is 13.5. The Balaban J connectivity index is 1.45. The first-order chi connectivity index (χ1) is 18.4. The predicted octanol–water partition coefficient (Wildman–Crippen LogP) is 7.32. The Morgan fingerprint density at radius 3 is 2.55 bits per heavy atom. The average molecular weight is 546 g/mol. The van der Waals surface area contributed by atoms with Gasteiger partial charge in [0.25, 0.3) is 11.6 Å². The average Bonchev–Trinajstić information content (AvgIpc) is 3.50. The molecule has 5 rings (SSSR count). The fraction of sp³-hybridized carbons (Fsp3) is 0.0714. The van der Waals surface area contributed by atoms with Gasteiger partial charge in [-0.25, -0.2) is 4.99 Å². The number of aliphatic imine (C=N–C) groups is 1. The molecule has 1 saturated heterocycles. The molecule has 3 aromatic carbocycles. The van der Waals surface area contributed by atoms with E-state index in [1.807, 2.05) is 54.6 Å². The first-order valence-electron chi connectivity index (χ1n) is 11.4. The molecule has 4 aromatic rings. The van der Waals surface area contributed by atoms with E-state index >= 15 is 0 Å². The molecule has 0 unspecified atom stereocenters. The van der Waals surface area contributed by atoms with Crippen molar-refractivity contribution in [2.24, 2.45) is 4.99 Å². The molecular formula is C28H20ClN3O5S. The van der Waals surface area contributed by atoms with Crippen LogP contribution >= 0.6 is 23.4 Å². The Morgan fingerprint density at radius 1 is 1.08 bits per heavy atom. The number of furan rings is 1. The minimum Gasteiger partial charge on any atom is -0.497 e. The number of hydrogen-bond acceptors (Lipinski definition) is 7. The van der Waals surface area contributed by atoms with E-state index in [0.717, 1.165) is 17.0 Å². The molecular weight excluding hydrogens is 526 g/mol. The number of nitro groups is 1. The highest BCUT2D eigenvalue weighted by Crippen LogP contribution is 2.37. The second-order valence-electron chi connectivity index (χ2n) is 8.21. The minimum absolute atomic E-state index is 0.0442. The van der Waals surface area contributed by atoms with E-state index in [2.05, 4.69) is 0 Å². The lowest BCUT2D eigenvalue weighted by atomic mass is 10.1. The Morgan fingerprint density at radius 2 is 1.84 bits per heavy atom. The van der Waals surface area contributed by atoms with Crippen molar-refractivity contribution in [2.45, 2.75) is 6.54 Å². The van der Waals surface area contributed by atoms with Gasteiger partial charge in [0.15, 0.2) is 5.17 Å². The number of ether oxygens (including phenoxy) is 1. The summed E-state index contributed by atoms with van der Waals surface area (Å²) in [6.45, 7) is 0.330. The summed E-state index contributed by atoms with van der Waals surface area (Å²) in [5.41, 5.74) is 1.95. The van der Waals surface area contributed by atoms with Gasteiger partial charge < -0.3 is 9.15 Å². The number of benzene rings is 3. The van der Waals surface area contributed by atoms with Crippen LogP contribution in [0.25, 0.3) is 17.4 Å². The highest BCUT2D eigenvalue weighted by molar-refractivity contribution is 8.18. The standard InChI is InChI=1S/C28H20ClN3O5S/c1-36-21-10-7-18(8-11-21)17-31-27(33)26(38-28(31)30-20-5-3-2-4-6-20)16-22-12-14-25(37-22)19-9-13-23(29)24(15-19)32(34)35/h2-16H,17H2,1H3/b26-16-,30-28?. The number of rotatable bonds is 7. The Bertz CT molecular complexity index is 1570. The molecule has 0 N–H and O–H groups in total. The first-order valence-corrected chi connectivity index (χ1v) is 12.6. The van der Waals surface area contributed by atoms with Gasteiger partial charge in [-0.1, -0.05) is 41.9 Å². The predicted molar refractivity (Wildman–Crippen MR) is 148 cm³/mol. The summed E-state index contributed by atoms with van der Waals surface area (Å²) in [6.07, 6.45) is 1.65. The van der Waals surface area contributed by atoms with E-state index < -0.39 is 4.92 Å².